The molecular weight excluding hydrogens is 383 g/mol. The van der Waals surface area contributed by atoms with E-state index in [-0.39, 0.29) is 5.82 Å². The Balaban J connectivity index is 1.77. The molecule has 0 bridgehead atoms. The van der Waals surface area contributed by atoms with E-state index in [4.69, 9.17) is 19.6 Å². The fraction of sp³-hybridized carbons (Fsp3) is 0.263. The maximum Gasteiger partial charge on any atom is 0.223 e. The highest BCUT2D eigenvalue weighted by atomic mass is 32.2. The molecule has 0 radical (unpaired) electrons. The minimum Gasteiger partial charge on any atom is -0.490 e. The summed E-state index contributed by atoms with van der Waals surface area (Å²) in [4.78, 5) is 4.96. The molecule has 0 atom stereocenters. The zero-order valence-corrected chi connectivity index (χ0v) is 16.1. The van der Waals surface area contributed by atoms with Gasteiger partial charge in [-0.15, -0.1) is 0 Å². The number of ether oxygens (including phenoxy) is 3. The van der Waals surface area contributed by atoms with Crippen LogP contribution in [0.1, 0.15) is 5.56 Å². The van der Waals surface area contributed by atoms with E-state index in [1.54, 1.807) is 25.4 Å². The van der Waals surface area contributed by atoms with E-state index in [2.05, 4.69) is 15.0 Å². The summed E-state index contributed by atoms with van der Waals surface area (Å²) < 4.78 is 33.1. The fourth-order valence-corrected chi connectivity index (χ4v) is 3.24. The van der Waals surface area contributed by atoms with Crippen molar-refractivity contribution < 1.29 is 18.6 Å². The van der Waals surface area contributed by atoms with Crippen LogP contribution < -0.4 is 19.5 Å². The molecule has 0 fully saturated rings. The third kappa shape index (κ3) is 5.14. The molecule has 0 saturated heterocycles. The fourth-order valence-electron chi connectivity index (χ4n) is 2.51. The van der Waals surface area contributed by atoms with Crippen LogP contribution in [0.5, 0.6) is 11.6 Å². The predicted molar refractivity (Wildman–Crippen MR) is 108 cm³/mol. The molecule has 7 nitrogen and oxygen atoms in total. The third-order valence-electron chi connectivity index (χ3n) is 3.78. The number of fused-ring (bicyclic) bond motifs is 1. The molecule has 0 saturated carbocycles. The zero-order valence-electron chi connectivity index (χ0n) is 15.3. The third-order valence-corrected chi connectivity index (χ3v) is 4.65. The smallest absolute Gasteiger partial charge is 0.223 e. The van der Waals surface area contributed by atoms with Crippen LogP contribution in [0, 0.1) is 11.2 Å². The Bertz CT molecular complexity index is 863. The van der Waals surface area contributed by atoms with Gasteiger partial charge >= 0.3 is 0 Å². The minimum absolute atomic E-state index is 0.350. The predicted octanol–water partition coefficient (Wildman–Crippen LogP) is 3.34. The van der Waals surface area contributed by atoms with Crippen LogP contribution in [0.25, 0.3) is 5.70 Å². The maximum absolute atomic E-state index is 13.7. The van der Waals surface area contributed by atoms with Gasteiger partial charge in [0.2, 0.25) is 5.88 Å². The molecule has 148 valence electrons. The van der Waals surface area contributed by atoms with Crippen molar-refractivity contribution in [1.82, 2.24) is 10.3 Å². The summed E-state index contributed by atoms with van der Waals surface area (Å²) in [6, 6.07) is 6.22. The van der Waals surface area contributed by atoms with Gasteiger partial charge in [0, 0.05) is 25.6 Å². The first kappa shape index (κ1) is 20.0. The first-order chi connectivity index (χ1) is 13.7. The van der Waals surface area contributed by atoms with Gasteiger partial charge in [0.15, 0.2) is 0 Å². The van der Waals surface area contributed by atoms with Gasteiger partial charge in [0.1, 0.15) is 24.8 Å². The molecule has 0 aliphatic carbocycles. The Hall–Kier alpha value is -2.78. The Labute approximate surface area is 166 Å². The number of hydrogen-bond acceptors (Lipinski definition) is 8. The number of allylic oxidation sites excluding steroid dienone is 1. The van der Waals surface area contributed by atoms with E-state index < -0.39 is 0 Å². The molecule has 1 aromatic carbocycles. The van der Waals surface area contributed by atoms with E-state index in [1.807, 2.05) is 6.07 Å². The van der Waals surface area contributed by atoms with Gasteiger partial charge < -0.3 is 29.7 Å². The standard InChI is InChI=1S/C19H21FN4O3S/c1-25-8-9-26-17-3-2-13(20)10-18(17)28-24-14-11-15-16(4-5-21)22-6-7-27-19(15)23-12-14/h2-5,10-12,21-22,24H,6-9H2,1H3/b16-4-,21-5?. The van der Waals surface area contributed by atoms with Gasteiger partial charge in [-0.05, 0) is 42.3 Å². The number of hydrogen-bond donors (Lipinski definition) is 3. The van der Waals surface area contributed by atoms with Gasteiger partial charge in [-0.3, -0.25) is 0 Å². The lowest BCUT2D eigenvalue weighted by Gasteiger charge is -2.13. The van der Waals surface area contributed by atoms with Gasteiger partial charge in [-0.1, -0.05) is 0 Å². The van der Waals surface area contributed by atoms with Gasteiger partial charge in [-0.2, -0.15) is 0 Å². The Morgan fingerprint density at radius 1 is 1.39 bits per heavy atom. The van der Waals surface area contributed by atoms with Crippen molar-refractivity contribution in [1.29, 1.82) is 5.41 Å². The summed E-state index contributed by atoms with van der Waals surface area (Å²) in [5, 5.41) is 10.5. The summed E-state index contributed by atoms with van der Waals surface area (Å²) >= 11 is 1.22. The highest BCUT2D eigenvalue weighted by Crippen LogP contribution is 2.33. The molecule has 1 aromatic heterocycles. The molecule has 3 N–H and O–H groups in total. The largest absolute Gasteiger partial charge is 0.490 e. The molecule has 2 aromatic rings. The Morgan fingerprint density at radius 3 is 3.11 bits per heavy atom. The maximum atomic E-state index is 13.7. The van der Waals surface area contributed by atoms with Crippen molar-refractivity contribution in [3.63, 3.8) is 0 Å². The number of benzene rings is 1. The van der Waals surface area contributed by atoms with E-state index in [0.29, 0.717) is 48.6 Å². The van der Waals surface area contributed by atoms with Gasteiger partial charge in [-0.25, -0.2) is 9.37 Å². The van der Waals surface area contributed by atoms with E-state index >= 15 is 0 Å². The van der Waals surface area contributed by atoms with Crippen LogP contribution in [0.15, 0.2) is 41.4 Å². The van der Waals surface area contributed by atoms with Crippen LogP contribution in [0.3, 0.4) is 0 Å². The lowest BCUT2D eigenvalue weighted by Crippen LogP contribution is -2.15. The average molecular weight is 404 g/mol. The van der Waals surface area contributed by atoms with Crippen molar-refractivity contribution in [2.75, 3.05) is 38.2 Å². The molecule has 0 unspecified atom stereocenters. The topological polar surface area (TPSA) is 88.5 Å². The van der Waals surface area contributed by atoms with Crippen molar-refractivity contribution in [2.45, 2.75) is 4.90 Å². The second-order valence-corrected chi connectivity index (χ2v) is 6.58. The summed E-state index contributed by atoms with van der Waals surface area (Å²) in [6.07, 6.45) is 4.51. The number of aromatic nitrogens is 1. The molecule has 1 aliphatic rings. The zero-order chi connectivity index (χ0) is 19.8. The van der Waals surface area contributed by atoms with E-state index in [1.165, 1.54) is 30.3 Å². The lowest BCUT2D eigenvalue weighted by atomic mass is 10.2. The SMILES string of the molecule is COCCOc1ccc(F)cc1SNc1cnc2c(c1)/C(=C/C=N)NCCO2. The first-order valence-corrected chi connectivity index (χ1v) is 9.45. The first-order valence-electron chi connectivity index (χ1n) is 8.63. The van der Waals surface area contributed by atoms with Gasteiger partial charge in [0.25, 0.3) is 0 Å². The Morgan fingerprint density at radius 2 is 2.29 bits per heavy atom. The van der Waals surface area contributed by atoms with Crippen molar-refractivity contribution in [3.05, 3.63) is 47.9 Å². The molecule has 9 heteroatoms. The monoisotopic (exact) mass is 404 g/mol. The van der Waals surface area contributed by atoms with Gasteiger partial charge in [0.05, 0.1) is 29.0 Å². The van der Waals surface area contributed by atoms with E-state index in [9.17, 15) is 4.39 Å². The lowest BCUT2D eigenvalue weighted by molar-refractivity contribution is 0.144. The number of pyridine rings is 1. The highest BCUT2D eigenvalue weighted by Gasteiger charge is 2.15. The number of rotatable bonds is 8. The summed E-state index contributed by atoms with van der Waals surface area (Å²) in [5.74, 6) is 0.716. The number of anilines is 1. The summed E-state index contributed by atoms with van der Waals surface area (Å²) in [6.45, 7) is 1.93. The van der Waals surface area contributed by atoms with Crippen LogP contribution in [0.4, 0.5) is 10.1 Å². The molecule has 2 heterocycles. The summed E-state index contributed by atoms with van der Waals surface area (Å²) in [7, 11) is 1.59. The second-order valence-electron chi connectivity index (χ2n) is 5.74. The molecule has 3 rings (SSSR count). The van der Waals surface area contributed by atoms with Crippen molar-refractivity contribution >= 4 is 29.5 Å². The van der Waals surface area contributed by atoms with Crippen LogP contribution >= 0.6 is 11.9 Å². The van der Waals surface area contributed by atoms with E-state index in [0.717, 1.165) is 11.3 Å². The number of halogens is 1. The highest BCUT2D eigenvalue weighted by molar-refractivity contribution is 8.00. The van der Waals surface area contributed by atoms with Crippen LogP contribution in [-0.4, -0.2) is 44.7 Å². The minimum atomic E-state index is -0.350. The molecule has 28 heavy (non-hydrogen) atoms. The normalized spacial score (nSPS) is 14.4. The Kier molecular flexibility index (Phi) is 7.10. The van der Waals surface area contributed by atoms with Crippen LogP contribution in [-0.2, 0) is 4.74 Å². The second kappa shape index (κ2) is 9.95. The van der Waals surface area contributed by atoms with Crippen LogP contribution in [0.2, 0.25) is 0 Å². The molecule has 1 aliphatic heterocycles. The average Bonchev–Trinajstić information content (AvgIpc) is 2.90. The number of methoxy groups -OCH3 is 1. The molecule has 0 amide bonds. The number of nitrogens with zero attached hydrogens (tertiary/aromatic N) is 1. The quantitative estimate of drug-likeness (QED) is 0.353. The molecule has 0 spiro atoms. The summed E-state index contributed by atoms with van der Waals surface area (Å²) in [5.41, 5.74) is 2.22. The van der Waals surface area contributed by atoms with Crippen molar-refractivity contribution in [2.24, 2.45) is 0 Å². The molecular formula is C19H21FN4O3S. The number of nitrogens with one attached hydrogen (secondary N) is 3. The van der Waals surface area contributed by atoms with Crippen molar-refractivity contribution in [3.8, 4) is 11.6 Å².